The van der Waals surface area contributed by atoms with Crippen LogP contribution in [0.3, 0.4) is 0 Å². The highest BCUT2D eigenvalue weighted by Crippen LogP contribution is 2.22. The first-order valence-corrected chi connectivity index (χ1v) is 5.71. The van der Waals surface area contributed by atoms with Crippen LogP contribution in [-0.2, 0) is 0 Å². The molecule has 0 heterocycles. The minimum absolute atomic E-state index is 0.354. The highest BCUT2D eigenvalue weighted by atomic mass is 14.9. The molecule has 0 saturated carbocycles. The third-order valence-electron chi connectivity index (χ3n) is 2.83. The van der Waals surface area contributed by atoms with E-state index in [2.05, 4.69) is 5.32 Å². The van der Waals surface area contributed by atoms with Gasteiger partial charge in [-0.05, 0) is 42.8 Å². The maximum Gasteiger partial charge on any atom is 0.101 e. The van der Waals surface area contributed by atoms with E-state index in [1.165, 1.54) is 0 Å². The predicted molar refractivity (Wildman–Crippen MR) is 74.7 cm³/mol. The molecule has 0 aliphatic rings. The lowest BCUT2D eigenvalue weighted by Gasteiger charge is -2.09. The summed E-state index contributed by atoms with van der Waals surface area (Å²) in [5.74, 6) is 0. The Labute approximate surface area is 111 Å². The average molecular weight is 248 g/mol. The van der Waals surface area contributed by atoms with Gasteiger partial charge >= 0.3 is 0 Å². The molecule has 0 aromatic heterocycles. The molecule has 0 atom stereocenters. The lowest BCUT2D eigenvalue weighted by molar-refractivity contribution is 1.42. The summed E-state index contributed by atoms with van der Waals surface area (Å²) < 4.78 is 0. The Hall–Kier alpha value is -2.98. The zero-order valence-electron chi connectivity index (χ0n) is 10.4. The average Bonchev–Trinajstić information content (AvgIpc) is 2.43. The fourth-order valence-electron chi connectivity index (χ4n) is 1.70. The fourth-order valence-corrected chi connectivity index (χ4v) is 1.70. The SMILES string of the molecule is Cc1ccc(Nc2ccc(C#N)c(C#N)c2)cc1N. The standard InChI is InChI=1S/C15H12N4/c1-10-2-4-14(7-15(10)18)19-13-5-3-11(8-16)12(6-13)9-17/h2-7,19H,18H2,1H3. The first kappa shape index (κ1) is 12.5. The minimum atomic E-state index is 0.354. The van der Waals surface area contributed by atoms with E-state index in [1.807, 2.05) is 37.3 Å². The molecule has 0 spiro atoms. The summed E-state index contributed by atoms with van der Waals surface area (Å²) in [6, 6.07) is 14.7. The van der Waals surface area contributed by atoms with Crippen molar-refractivity contribution in [3.8, 4) is 12.1 Å². The van der Waals surface area contributed by atoms with Gasteiger partial charge in [0.1, 0.15) is 12.1 Å². The van der Waals surface area contributed by atoms with Crippen molar-refractivity contribution in [2.24, 2.45) is 0 Å². The highest BCUT2D eigenvalue weighted by Gasteiger charge is 2.03. The summed E-state index contributed by atoms with van der Waals surface area (Å²) in [5, 5.41) is 21.0. The fraction of sp³-hybridized carbons (Fsp3) is 0.0667. The van der Waals surface area contributed by atoms with Crippen LogP contribution in [0.5, 0.6) is 0 Å². The van der Waals surface area contributed by atoms with E-state index in [4.69, 9.17) is 16.3 Å². The zero-order valence-corrected chi connectivity index (χ0v) is 10.4. The van der Waals surface area contributed by atoms with Gasteiger partial charge in [0.25, 0.3) is 0 Å². The molecule has 0 amide bonds. The number of hydrogen-bond acceptors (Lipinski definition) is 4. The monoisotopic (exact) mass is 248 g/mol. The third-order valence-corrected chi connectivity index (χ3v) is 2.83. The number of rotatable bonds is 2. The van der Waals surface area contributed by atoms with Crippen molar-refractivity contribution in [3.05, 3.63) is 53.1 Å². The van der Waals surface area contributed by atoms with Gasteiger partial charge in [0.2, 0.25) is 0 Å². The molecule has 0 unspecified atom stereocenters. The van der Waals surface area contributed by atoms with Crippen molar-refractivity contribution in [1.82, 2.24) is 0 Å². The van der Waals surface area contributed by atoms with Gasteiger partial charge in [-0.2, -0.15) is 10.5 Å². The molecular formula is C15H12N4. The Balaban J connectivity index is 2.32. The summed E-state index contributed by atoms with van der Waals surface area (Å²) in [5.41, 5.74) is 9.88. The van der Waals surface area contributed by atoms with E-state index >= 15 is 0 Å². The van der Waals surface area contributed by atoms with E-state index < -0.39 is 0 Å². The van der Waals surface area contributed by atoms with Crippen LogP contribution in [0.2, 0.25) is 0 Å². The van der Waals surface area contributed by atoms with Gasteiger partial charge in [-0.3, -0.25) is 0 Å². The van der Waals surface area contributed by atoms with Crippen LogP contribution in [0.15, 0.2) is 36.4 Å². The number of nitrogen functional groups attached to an aromatic ring is 1. The largest absolute Gasteiger partial charge is 0.398 e. The maximum absolute atomic E-state index is 8.97. The molecule has 19 heavy (non-hydrogen) atoms. The molecule has 92 valence electrons. The molecule has 0 radical (unpaired) electrons. The number of aryl methyl sites for hydroxylation is 1. The lowest BCUT2D eigenvalue weighted by Crippen LogP contribution is -1.95. The van der Waals surface area contributed by atoms with Crippen LogP contribution in [0.25, 0.3) is 0 Å². The lowest BCUT2D eigenvalue weighted by atomic mass is 10.1. The third kappa shape index (κ3) is 2.65. The molecular weight excluding hydrogens is 236 g/mol. The molecule has 0 aliphatic heterocycles. The Morgan fingerprint density at radius 1 is 0.947 bits per heavy atom. The van der Waals surface area contributed by atoms with Crippen molar-refractivity contribution in [2.75, 3.05) is 11.1 Å². The van der Waals surface area contributed by atoms with E-state index in [0.717, 1.165) is 16.9 Å². The van der Waals surface area contributed by atoms with Crippen LogP contribution in [0, 0.1) is 29.6 Å². The van der Waals surface area contributed by atoms with Gasteiger partial charge in [0.05, 0.1) is 11.1 Å². The Morgan fingerprint density at radius 2 is 1.58 bits per heavy atom. The summed E-state index contributed by atoms with van der Waals surface area (Å²) >= 11 is 0. The first-order valence-electron chi connectivity index (χ1n) is 5.71. The number of nitrogens with zero attached hydrogens (tertiary/aromatic N) is 2. The Bertz CT molecular complexity index is 705. The summed E-state index contributed by atoms with van der Waals surface area (Å²) in [6.45, 7) is 1.94. The van der Waals surface area contributed by atoms with Crippen LogP contribution in [0.1, 0.15) is 16.7 Å². The van der Waals surface area contributed by atoms with E-state index in [1.54, 1.807) is 18.2 Å². The predicted octanol–water partition coefficient (Wildman–Crippen LogP) is 3.06. The highest BCUT2D eigenvalue weighted by molar-refractivity contribution is 5.67. The molecule has 0 saturated heterocycles. The molecule has 4 nitrogen and oxygen atoms in total. The number of benzene rings is 2. The molecule has 2 aromatic rings. The van der Waals surface area contributed by atoms with Crippen LogP contribution in [0.4, 0.5) is 17.1 Å². The first-order chi connectivity index (χ1) is 9.13. The number of anilines is 3. The molecule has 2 aromatic carbocycles. The second-order valence-electron chi connectivity index (χ2n) is 4.18. The van der Waals surface area contributed by atoms with Crippen molar-refractivity contribution in [3.63, 3.8) is 0 Å². The van der Waals surface area contributed by atoms with Gasteiger partial charge in [-0.25, -0.2) is 0 Å². The quantitative estimate of drug-likeness (QED) is 0.800. The molecule has 0 fully saturated rings. The van der Waals surface area contributed by atoms with Crippen LogP contribution >= 0.6 is 0 Å². The normalized spacial score (nSPS) is 9.42. The second kappa shape index (κ2) is 5.12. The van der Waals surface area contributed by atoms with Crippen molar-refractivity contribution < 1.29 is 0 Å². The van der Waals surface area contributed by atoms with Gasteiger partial charge in [0, 0.05) is 17.1 Å². The van der Waals surface area contributed by atoms with Gasteiger partial charge in [-0.1, -0.05) is 6.07 Å². The van der Waals surface area contributed by atoms with Crippen molar-refractivity contribution in [2.45, 2.75) is 6.92 Å². The summed E-state index contributed by atoms with van der Waals surface area (Å²) in [7, 11) is 0. The number of nitrogens with two attached hydrogens (primary N) is 1. The molecule has 3 N–H and O–H groups in total. The molecule has 4 heteroatoms. The number of nitriles is 2. The van der Waals surface area contributed by atoms with Crippen molar-refractivity contribution in [1.29, 1.82) is 10.5 Å². The summed E-state index contributed by atoms with van der Waals surface area (Å²) in [4.78, 5) is 0. The van der Waals surface area contributed by atoms with Gasteiger partial charge < -0.3 is 11.1 Å². The van der Waals surface area contributed by atoms with E-state index in [9.17, 15) is 0 Å². The smallest absolute Gasteiger partial charge is 0.101 e. The second-order valence-corrected chi connectivity index (χ2v) is 4.18. The number of hydrogen-bond donors (Lipinski definition) is 2. The molecule has 2 rings (SSSR count). The Kier molecular flexibility index (Phi) is 3.36. The van der Waals surface area contributed by atoms with Crippen LogP contribution < -0.4 is 11.1 Å². The van der Waals surface area contributed by atoms with Crippen LogP contribution in [-0.4, -0.2) is 0 Å². The maximum atomic E-state index is 8.97. The summed E-state index contributed by atoms with van der Waals surface area (Å²) in [6.07, 6.45) is 0. The zero-order chi connectivity index (χ0) is 13.8. The molecule has 0 bridgehead atoms. The Morgan fingerprint density at radius 3 is 2.21 bits per heavy atom. The van der Waals surface area contributed by atoms with Gasteiger partial charge in [-0.15, -0.1) is 0 Å². The minimum Gasteiger partial charge on any atom is -0.398 e. The topological polar surface area (TPSA) is 85.6 Å². The van der Waals surface area contributed by atoms with Gasteiger partial charge in [0.15, 0.2) is 0 Å². The van der Waals surface area contributed by atoms with E-state index in [0.29, 0.717) is 16.8 Å². The van der Waals surface area contributed by atoms with Crippen molar-refractivity contribution >= 4 is 17.1 Å². The van der Waals surface area contributed by atoms with E-state index in [-0.39, 0.29) is 0 Å². The number of nitrogens with one attached hydrogen (secondary N) is 1. The molecule has 0 aliphatic carbocycles.